The molecule has 0 amide bonds. The molecular weight excluding hydrogens is 496 g/mol. The lowest BCUT2D eigenvalue weighted by atomic mass is 9.88. The van der Waals surface area contributed by atoms with E-state index in [1.165, 1.54) is 48.8 Å². The Kier molecular flexibility index (Phi) is 15.7. The first-order valence-corrected chi connectivity index (χ1v) is 16.7. The standard InChI is InChI=1S/C13H20ClN.C12H23NOSi.2CO2/c1-4-12(14)8-13-6-5-7-15(13)9-10(2)11(13)3;1-5-12(14)9-11-7-6-8-13(11)10-15(2,3)4;2*2-1-3/h8H,4-7,9H2,1-3H3;9H,5-8,10H2,1-4H3;;/b12-8-;11-9+;;. The number of likely N-dealkylation sites (tertiary alicyclic amines) is 1. The van der Waals surface area contributed by atoms with Crippen LogP contribution in [-0.2, 0) is 24.0 Å². The number of fused-ring (bicyclic) bond motifs is 1. The monoisotopic (exact) mass is 538 g/mol. The smallest absolute Gasteiger partial charge is 0.373 e. The Morgan fingerprint density at radius 1 is 1.03 bits per heavy atom. The zero-order valence-electron chi connectivity index (χ0n) is 23.0. The van der Waals surface area contributed by atoms with E-state index in [4.69, 9.17) is 30.8 Å². The highest BCUT2D eigenvalue weighted by atomic mass is 35.5. The van der Waals surface area contributed by atoms with E-state index in [0.29, 0.717) is 6.42 Å². The zero-order valence-corrected chi connectivity index (χ0v) is 24.8. The number of halogens is 1. The largest absolute Gasteiger partial charge is 0.378 e. The molecule has 3 aliphatic rings. The van der Waals surface area contributed by atoms with Gasteiger partial charge in [-0.15, -0.1) is 0 Å². The minimum Gasteiger partial charge on any atom is -0.378 e. The number of carbonyl (C=O) groups excluding carboxylic acids is 5. The SMILES string of the molecule is CC/C(Cl)=C/C12CCCN1CC(C)=C2C.CCC(=O)/C=C1\CCCN1C[Si](C)(C)C.O=C=O.O=C=O. The Labute approximate surface area is 222 Å². The van der Waals surface area contributed by atoms with Crippen LogP contribution in [0.25, 0.3) is 0 Å². The van der Waals surface area contributed by atoms with Crippen LogP contribution in [0.1, 0.15) is 66.2 Å². The van der Waals surface area contributed by atoms with Crippen LogP contribution >= 0.6 is 11.6 Å². The molecule has 0 spiro atoms. The molecule has 0 aliphatic carbocycles. The number of carbonyl (C=O) groups is 1. The summed E-state index contributed by atoms with van der Waals surface area (Å²) >= 11 is 6.23. The van der Waals surface area contributed by atoms with E-state index in [1.807, 2.05) is 13.0 Å². The first-order chi connectivity index (χ1) is 16.8. The van der Waals surface area contributed by atoms with E-state index in [-0.39, 0.29) is 23.6 Å². The molecule has 0 radical (unpaired) electrons. The quantitative estimate of drug-likeness (QED) is 0.255. The molecule has 7 nitrogen and oxygen atoms in total. The maximum Gasteiger partial charge on any atom is 0.373 e. The summed E-state index contributed by atoms with van der Waals surface area (Å²) < 4.78 is 0. The Morgan fingerprint density at radius 3 is 2.11 bits per heavy atom. The Morgan fingerprint density at radius 2 is 1.61 bits per heavy atom. The van der Waals surface area contributed by atoms with Gasteiger partial charge in [0.25, 0.3) is 0 Å². The number of hydrogen-bond acceptors (Lipinski definition) is 7. The third-order valence-electron chi connectivity index (χ3n) is 6.61. The van der Waals surface area contributed by atoms with Crippen molar-refractivity contribution >= 4 is 37.8 Å². The number of allylic oxidation sites excluding steroid dienone is 3. The van der Waals surface area contributed by atoms with Crippen LogP contribution < -0.4 is 0 Å². The highest BCUT2D eigenvalue weighted by Gasteiger charge is 2.45. The molecule has 2 fully saturated rings. The van der Waals surface area contributed by atoms with Crippen LogP contribution in [0.3, 0.4) is 0 Å². The predicted molar refractivity (Wildman–Crippen MR) is 144 cm³/mol. The maximum absolute atomic E-state index is 11.4. The maximum atomic E-state index is 11.4. The van der Waals surface area contributed by atoms with Gasteiger partial charge in [-0.1, -0.05) is 50.7 Å². The van der Waals surface area contributed by atoms with E-state index in [2.05, 4.69) is 56.3 Å². The molecule has 36 heavy (non-hydrogen) atoms. The predicted octanol–water partition coefficient (Wildman–Crippen LogP) is 5.36. The molecule has 0 bridgehead atoms. The van der Waals surface area contributed by atoms with Crippen LogP contribution in [-0.4, -0.2) is 67.3 Å². The van der Waals surface area contributed by atoms with Gasteiger partial charge in [-0.25, -0.2) is 0 Å². The lowest BCUT2D eigenvalue weighted by Crippen LogP contribution is -2.38. The van der Waals surface area contributed by atoms with Crippen molar-refractivity contribution in [3.63, 3.8) is 0 Å². The summed E-state index contributed by atoms with van der Waals surface area (Å²) in [6.45, 7) is 19.2. The number of nitrogens with zero attached hydrogens (tertiary/aromatic N) is 2. The van der Waals surface area contributed by atoms with Gasteiger partial charge in [0, 0.05) is 42.5 Å². The summed E-state index contributed by atoms with van der Waals surface area (Å²) in [4.78, 5) is 48.9. The second kappa shape index (κ2) is 16.6. The van der Waals surface area contributed by atoms with Crippen molar-refractivity contribution in [1.82, 2.24) is 9.80 Å². The number of rotatable bonds is 6. The molecule has 1 unspecified atom stereocenters. The molecule has 0 N–H and O–H groups in total. The first kappa shape index (κ1) is 33.9. The molecule has 0 saturated carbocycles. The van der Waals surface area contributed by atoms with Crippen LogP contribution in [0.2, 0.25) is 19.6 Å². The summed E-state index contributed by atoms with van der Waals surface area (Å²) in [6, 6.07) is 0. The van der Waals surface area contributed by atoms with Crippen molar-refractivity contribution in [2.24, 2.45) is 0 Å². The van der Waals surface area contributed by atoms with E-state index >= 15 is 0 Å². The van der Waals surface area contributed by atoms with Crippen LogP contribution in [0, 0.1) is 0 Å². The molecule has 0 aromatic carbocycles. The van der Waals surface area contributed by atoms with Crippen molar-refractivity contribution < 1.29 is 24.0 Å². The Bertz CT molecular complexity index is 882. The molecule has 3 heterocycles. The van der Waals surface area contributed by atoms with Gasteiger partial charge in [0.2, 0.25) is 0 Å². The Balaban J connectivity index is 0.000000559. The first-order valence-electron chi connectivity index (χ1n) is 12.6. The van der Waals surface area contributed by atoms with Gasteiger partial charge in [0.05, 0.1) is 13.6 Å². The van der Waals surface area contributed by atoms with Gasteiger partial charge < -0.3 is 4.90 Å². The molecule has 3 aliphatic heterocycles. The summed E-state index contributed by atoms with van der Waals surface area (Å²) in [5, 5.41) is 1.01. The molecule has 0 aromatic heterocycles. The van der Waals surface area contributed by atoms with Crippen molar-refractivity contribution in [3.8, 4) is 0 Å². The highest BCUT2D eigenvalue weighted by molar-refractivity contribution is 6.76. The van der Waals surface area contributed by atoms with Crippen molar-refractivity contribution in [3.05, 3.63) is 34.0 Å². The van der Waals surface area contributed by atoms with Gasteiger partial charge in [0.15, 0.2) is 5.78 Å². The summed E-state index contributed by atoms with van der Waals surface area (Å²) in [7, 11) is -1.05. The van der Waals surface area contributed by atoms with Crippen molar-refractivity contribution in [1.29, 1.82) is 0 Å². The minimum absolute atomic E-state index is 0.178. The third kappa shape index (κ3) is 10.9. The third-order valence-corrected chi connectivity index (χ3v) is 8.32. The van der Waals surface area contributed by atoms with E-state index in [9.17, 15) is 4.79 Å². The summed E-state index contributed by atoms with van der Waals surface area (Å²) in [6.07, 6.45) is 12.3. The second-order valence-corrected chi connectivity index (χ2v) is 16.4. The van der Waals surface area contributed by atoms with E-state index in [1.54, 1.807) is 0 Å². The normalized spacial score (nSPS) is 22.4. The van der Waals surface area contributed by atoms with Gasteiger partial charge in [0.1, 0.15) is 0 Å². The van der Waals surface area contributed by atoms with E-state index < -0.39 is 8.07 Å². The lowest BCUT2D eigenvalue weighted by Gasteiger charge is -2.31. The fourth-order valence-corrected chi connectivity index (χ4v) is 6.59. The fourth-order valence-electron chi connectivity index (χ4n) is 4.91. The van der Waals surface area contributed by atoms with Gasteiger partial charge in [-0.3, -0.25) is 9.69 Å². The average Bonchev–Trinajstić information content (AvgIpc) is 3.45. The molecule has 202 valence electrons. The molecular formula is C27H43ClN2O5Si. The van der Waals surface area contributed by atoms with Gasteiger partial charge in [-0.2, -0.15) is 19.2 Å². The fraction of sp³-hybridized carbons (Fsp3) is 0.667. The topological polar surface area (TPSA) is 91.8 Å². The van der Waals surface area contributed by atoms with Gasteiger partial charge in [-0.05, 0) is 64.1 Å². The molecule has 0 aromatic rings. The highest BCUT2D eigenvalue weighted by Crippen LogP contribution is 2.44. The Hall–Kier alpha value is -2.08. The molecule has 9 heteroatoms. The summed E-state index contributed by atoms with van der Waals surface area (Å²) in [5.41, 5.74) is 4.53. The van der Waals surface area contributed by atoms with Crippen LogP contribution in [0.15, 0.2) is 34.0 Å². The molecule has 2 saturated heterocycles. The summed E-state index contributed by atoms with van der Waals surface area (Å²) in [5.74, 6) is 0.271. The molecule has 1 atom stereocenters. The van der Waals surface area contributed by atoms with Crippen LogP contribution in [0.4, 0.5) is 0 Å². The lowest BCUT2D eigenvalue weighted by molar-refractivity contribution is -0.193. The number of hydrogen-bond donors (Lipinski definition) is 0. The minimum atomic E-state index is -1.05. The van der Waals surface area contributed by atoms with Crippen molar-refractivity contribution in [2.45, 2.75) is 91.4 Å². The van der Waals surface area contributed by atoms with Crippen molar-refractivity contribution in [2.75, 3.05) is 25.8 Å². The number of ketones is 1. The molecule has 3 rings (SSSR count). The average molecular weight is 539 g/mol. The van der Waals surface area contributed by atoms with Gasteiger partial charge >= 0.3 is 12.3 Å². The van der Waals surface area contributed by atoms with E-state index in [0.717, 1.165) is 31.0 Å². The second-order valence-electron chi connectivity index (χ2n) is 10.5. The van der Waals surface area contributed by atoms with Crippen LogP contribution in [0.5, 0.6) is 0 Å². The zero-order chi connectivity index (χ0) is 27.9.